The molecule has 0 spiro atoms. The van der Waals surface area contributed by atoms with E-state index in [1.165, 1.54) is 0 Å². The first kappa shape index (κ1) is 21.0. The number of benzene rings is 1. The first-order chi connectivity index (χ1) is 14.0. The second-order valence-electron chi connectivity index (χ2n) is 7.13. The lowest BCUT2D eigenvalue weighted by molar-refractivity contribution is -0.121. The van der Waals surface area contributed by atoms with Gasteiger partial charge in [0.25, 0.3) is 0 Å². The van der Waals surface area contributed by atoms with Crippen molar-refractivity contribution in [3.63, 3.8) is 0 Å². The third-order valence-corrected chi connectivity index (χ3v) is 5.51. The number of hydrogen-bond donors (Lipinski definition) is 1. The van der Waals surface area contributed by atoms with E-state index in [0.717, 1.165) is 28.9 Å². The average molecular weight is 411 g/mol. The maximum absolute atomic E-state index is 12.6. The standard InChI is InChI=1S/C22H26N4O2S/c1-15-7-8-16(2)17(14-15)19(27)9-10-21(28)23-18(11-13-29-3)22-25-24-20-6-4-5-12-26(20)22/h4-8,12,14,18H,9-11,13H2,1-3H3,(H,23,28). The van der Waals surface area contributed by atoms with E-state index in [1.807, 2.05) is 67.1 Å². The Morgan fingerprint density at radius 3 is 2.76 bits per heavy atom. The van der Waals surface area contributed by atoms with E-state index >= 15 is 0 Å². The molecule has 7 heteroatoms. The molecular formula is C22H26N4O2S. The normalized spacial score (nSPS) is 12.1. The molecule has 0 bridgehead atoms. The van der Waals surface area contributed by atoms with Gasteiger partial charge in [0.15, 0.2) is 17.3 Å². The van der Waals surface area contributed by atoms with Gasteiger partial charge in [-0.15, -0.1) is 10.2 Å². The van der Waals surface area contributed by atoms with Crippen LogP contribution in [0.3, 0.4) is 0 Å². The summed E-state index contributed by atoms with van der Waals surface area (Å²) in [6.07, 6.45) is 5.01. The number of aryl methyl sites for hydroxylation is 2. The smallest absolute Gasteiger partial charge is 0.221 e. The lowest BCUT2D eigenvalue weighted by Gasteiger charge is -2.17. The first-order valence-corrected chi connectivity index (χ1v) is 11.1. The van der Waals surface area contributed by atoms with E-state index in [-0.39, 0.29) is 30.6 Å². The number of carbonyl (C=O) groups is 2. The third-order valence-electron chi connectivity index (χ3n) is 4.87. The average Bonchev–Trinajstić information content (AvgIpc) is 3.15. The van der Waals surface area contributed by atoms with E-state index in [2.05, 4.69) is 15.5 Å². The van der Waals surface area contributed by atoms with Crippen molar-refractivity contribution in [3.05, 3.63) is 65.1 Å². The number of ketones is 1. The van der Waals surface area contributed by atoms with E-state index in [0.29, 0.717) is 11.4 Å². The number of nitrogens with one attached hydrogen (secondary N) is 1. The monoisotopic (exact) mass is 410 g/mol. The molecule has 0 aliphatic carbocycles. The molecule has 0 aliphatic rings. The van der Waals surface area contributed by atoms with Crippen molar-refractivity contribution in [1.29, 1.82) is 0 Å². The summed E-state index contributed by atoms with van der Waals surface area (Å²) < 4.78 is 1.90. The van der Waals surface area contributed by atoms with Crippen LogP contribution < -0.4 is 5.32 Å². The zero-order valence-corrected chi connectivity index (χ0v) is 17.8. The van der Waals surface area contributed by atoms with Crippen LogP contribution in [0.1, 0.15) is 52.6 Å². The summed E-state index contributed by atoms with van der Waals surface area (Å²) in [5.74, 6) is 1.44. The minimum atomic E-state index is -0.247. The Morgan fingerprint density at radius 2 is 1.97 bits per heavy atom. The van der Waals surface area contributed by atoms with Gasteiger partial charge in [-0.1, -0.05) is 23.8 Å². The number of hydrogen-bond acceptors (Lipinski definition) is 5. The molecule has 6 nitrogen and oxygen atoms in total. The van der Waals surface area contributed by atoms with Crippen molar-refractivity contribution in [2.45, 2.75) is 39.2 Å². The highest BCUT2D eigenvalue weighted by molar-refractivity contribution is 7.98. The van der Waals surface area contributed by atoms with Crippen LogP contribution >= 0.6 is 11.8 Å². The molecule has 2 heterocycles. The molecule has 0 aliphatic heterocycles. The zero-order valence-electron chi connectivity index (χ0n) is 17.0. The van der Waals surface area contributed by atoms with E-state index in [9.17, 15) is 9.59 Å². The Balaban J connectivity index is 1.67. The van der Waals surface area contributed by atoms with Crippen molar-refractivity contribution in [2.24, 2.45) is 0 Å². The lowest BCUT2D eigenvalue weighted by Crippen LogP contribution is -2.30. The summed E-state index contributed by atoms with van der Waals surface area (Å²) in [7, 11) is 0. The van der Waals surface area contributed by atoms with Gasteiger partial charge in [0.2, 0.25) is 5.91 Å². The van der Waals surface area contributed by atoms with Crippen molar-refractivity contribution >= 4 is 29.1 Å². The van der Waals surface area contributed by atoms with Crippen LogP contribution in [-0.2, 0) is 4.79 Å². The van der Waals surface area contributed by atoms with Gasteiger partial charge in [0.05, 0.1) is 6.04 Å². The highest BCUT2D eigenvalue weighted by atomic mass is 32.2. The Labute approximate surface area is 175 Å². The SMILES string of the molecule is CSCCC(NC(=O)CCC(=O)c1cc(C)ccc1C)c1nnc2ccccn12. The molecule has 0 saturated heterocycles. The van der Waals surface area contributed by atoms with E-state index < -0.39 is 0 Å². The van der Waals surface area contributed by atoms with Crippen LogP contribution in [0, 0.1) is 13.8 Å². The van der Waals surface area contributed by atoms with Gasteiger partial charge in [-0.25, -0.2) is 0 Å². The number of fused-ring (bicyclic) bond motifs is 1. The minimum absolute atomic E-state index is 0.00468. The molecule has 152 valence electrons. The van der Waals surface area contributed by atoms with Crippen molar-refractivity contribution < 1.29 is 9.59 Å². The summed E-state index contributed by atoms with van der Waals surface area (Å²) in [4.78, 5) is 25.2. The Hall–Kier alpha value is -2.67. The predicted molar refractivity (Wildman–Crippen MR) is 116 cm³/mol. The second kappa shape index (κ2) is 9.69. The number of carbonyl (C=O) groups excluding carboxylic acids is 2. The number of nitrogens with zero attached hydrogens (tertiary/aromatic N) is 3. The molecule has 0 fully saturated rings. The molecule has 3 aromatic rings. The van der Waals surface area contributed by atoms with Crippen LogP contribution in [0.4, 0.5) is 0 Å². The fraction of sp³-hybridized carbons (Fsp3) is 0.364. The van der Waals surface area contributed by atoms with Gasteiger partial charge in [-0.05, 0) is 56.0 Å². The number of amides is 1. The molecule has 1 atom stereocenters. The minimum Gasteiger partial charge on any atom is -0.346 e. The summed E-state index contributed by atoms with van der Waals surface area (Å²) >= 11 is 1.72. The van der Waals surface area contributed by atoms with Crippen LogP contribution in [-0.4, -0.2) is 38.3 Å². The number of pyridine rings is 1. The topological polar surface area (TPSA) is 76.4 Å². The van der Waals surface area contributed by atoms with Gasteiger partial charge in [-0.2, -0.15) is 11.8 Å². The van der Waals surface area contributed by atoms with Crippen LogP contribution in [0.25, 0.3) is 5.65 Å². The van der Waals surface area contributed by atoms with E-state index in [4.69, 9.17) is 0 Å². The molecule has 1 N–H and O–H groups in total. The Kier molecular flexibility index (Phi) is 7.04. The van der Waals surface area contributed by atoms with Gasteiger partial charge in [-0.3, -0.25) is 14.0 Å². The molecule has 3 rings (SSSR count). The van der Waals surface area contributed by atoms with Crippen LogP contribution in [0.2, 0.25) is 0 Å². The maximum Gasteiger partial charge on any atom is 0.221 e. The predicted octanol–water partition coefficient (Wildman–Crippen LogP) is 3.92. The van der Waals surface area contributed by atoms with Gasteiger partial charge in [0.1, 0.15) is 0 Å². The molecule has 2 aromatic heterocycles. The van der Waals surface area contributed by atoms with Gasteiger partial charge in [0, 0.05) is 24.6 Å². The molecule has 1 amide bonds. The second-order valence-corrected chi connectivity index (χ2v) is 8.12. The quantitative estimate of drug-likeness (QED) is 0.541. The third kappa shape index (κ3) is 5.23. The first-order valence-electron chi connectivity index (χ1n) is 9.68. The van der Waals surface area contributed by atoms with Gasteiger partial charge < -0.3 is 5.32 Å². The van der Waals surface area contributed by atoms with Crippen molar-refractivity contribution in [2.75, 3.05) is 12.0 Å². The van der Waals surface area contributed by atoms with Crippen LogP contribution in [0.15, 0.2) is 42.6 Å². The highest BCUT2D eigenvalue weighted by Gasteiger charge is 2.21. The Morgan fingerprint density at radius 1 is 1.14 bits per heavy atom. The van der Waals surface area contributed by atoms with Crippen molar-refractivity contribution in [3.8, 4) is 0 Å². The Bertz CT molecular complexity index is 1010. The molecule has 0 radical (unpaired) electrons. The molecule has 1 aromatic carbocycles. The fourth-order valence-corrected chi connectivity index (χ4v) is 3.73. The molecule has 1 unspecified atom stereocenters. The summed E-state index contributed by atoms with van der Waals surface area (Å²) in [5.41, 5.74) is 3.42. The molecule has 29 heavy (non-hydrogen) atoms. The summed E-state index contributed by atoms with van der Waals surface area (Å²) in [6.45, 7) is 3.88. The highest BCUT2D eigenvalue weighted by Crippen LogP contribution is 2.19. The largest absolute Gasteiger partial charge is 0.346 e. The number of rotatable bonds is 9. The summed E-state index contributed by atoms with van der Waals surface area (Å²) in [5, 5.41) is 11.5. The molecular weight excluding hydrogens is 384 g/mol. The van der Waals surface area contributed by atoms with E-state index in [1.54, 1.807) is 11.8 Å². The zero-order chi connectivity index (χ0) is 20.8. The number of Topliss-reactive ketones (excluding diaryl/α,β-unsaturated/α-hetero) is 1. The maximum atomic E-state index is 12.6. The number of thioether (sulfide) groups is 1. The van der Waals surface area contributed by atoms with Crippen molar-refractivity contribution in [1.82, 2.24) is 19.9 Å². The molecule has 0 saturated carbocycles. The number of aromatic nitrogens is 3. The fourth-order valence-electron chi connectivity index (χ4n) is 3.26. The van der Waals surface area contributed by atoms with Gasteiger partial charge >= 0.3 is 0 Å². The van der Waals surface area contributed by atoms with Crippen LogP contribution in [0.5, 0.6) is 0 Å². The summed E-state index contributed by atoms with van der Waals surface area (Å²) in [6, 6.07) is 11.3. The lowest BCUT2D eigenvalue weighted by atomic mass is 9.99.